The van der Waals surface area contributed by atoms with E-state index in [9.17, 15) is 18.0 Å². The molecule has 1 aliphatic rings. The van der Waals surface area contributed by atoms with E-state index in [1.807, 2.05) is 0 Å². The first-order chi connectivity index (χ1) is 10.5. The van der Waals surface area contributed by atoms with Crippen molar-refractivity contribution in [2.24, 2.45) is 0 Å². The van der Waals surface area contributed by atoms with Gasteiger partial charge in [-0.05, 0) is 45.0 Å². The van der Waals surface area contributed by atoms with E-state index in [0.717, 1.165) is 12.1 Å². The summed E-state index contributed by atoms with van der Waals surface area (Å²) in [6, 6.07) is 4.55. The normalized spacial score (nSPS) is 18.9. The number of nitrogens with zero attached hydrogens (tertiary/aromatic N) is 1. The zero-order chi connectivity index (χ0) is 17.3. The van der Waals surface area contributed by atoms with Crippen LogP contribution in [0, 0.1) is 0 Å². The van der Waals surface area contributed by atoms with E-state index >= 15 is 0 Å². The van der Waals surface area contributed by atoms with Crippen molar-refractivity contribution in [1.82, 2.24) is 4.90 Å². The van der Waals surface area contributed by atoms with Gasteiger partial charge in [-0.15, -0.1) is 0 Å². The topological polar surface area (TPSA) is 38.8 Å². The highest BCUT2D eigenvalue weighted by atomic mass is 19.4. The molecule has 2 rings (SSSR count). The third-order valence-corrected chi connectivity index (χ3v) is 3.28. The molecule has 128 valence electrons. The highest BCUT2D eigenvalue weighted by Crippen LogP contribution is 2.30. The van der Waals surface area contributed by atoms with E-state index in [1.165, 1.54) is 12.1 Å². The summed E-state index contributed by atoms with van der Waals surface area (Å²) in [7, 11) is 0. The van der Waals surface area contributed by atoms with Crippen LogP contribution in [0.3, 0.4) is 0 Å². The third kappa shape index (κ3) is 5.04. The molecule has 0 radical (unpaired) electrons. The van der Waals surface area contributed by atoms with E-state index in [1.54, 1.807) is 25.7 Å². The number of likely N-dealkylation sites (tertiary alicyclic amines) is 1. The Hall–Kier alpha value is -1.92. The molecule has 0 aromatic heterocycles. The van der Waals surface area contributed by atoms with Gasteiger partial charge in [-0.25, -0.2) is 4.79 Å². The van der Waals surface area contributed by atoms with Crippen LogP contribution in [0.25, 0.3) is 0 Å². The minimum Gasteiger partial charge on any atom is -0.489 e. The lowest BCUT2D eigenvalue weighted by atomic mass is 10.2. The minimum atomic E-state index is -4.36. The Morgan fingerprint density at radius 1 is 1.17 bits per heavy atom. The maximum atomic E-state index is 12.5. The number of hydrogen-bond donors (Lipinski definition) is 0. The van der Waals surface area contributed by atoms with Gasteiger partial charge in [-0.1, -0.05) is 0 Å². The summed E-state index contributed by atoms with van der Waals surface area (Å²) < 4.78 is 48.4. The number of benzene rings is 1. The minimum absolute atomic E-state index is 0.251. The second kappa shape index (κ2) is 6.29. The van der Waals surface area contributed by atoms with Crippen molar-refractivity contribution in [3.05, 3.63) is 29.8 Å². The van der Waals surface area contributed by atoms with Crippen LogP contribution in [-0.2, 0) is 10.9 Å². The highest BCUT2D eigenvalue weighted by molar-refractivity contribution is 5.68. The molecule has 1 amide bonds. The van der Waals surface area contributed by atoms with Crippen LogP contribution in [0.4, 0.5) is 18.0 Å². The summed E-state index contributed by atoms with van der Waals surface area (Å²) in [6.45, 7) is 6.22. The molecular formula is C16H20F3NO3. The molecule has 1 heterocycles. The van der Waals surface area contributed by atoms with Crippen LogP contribution >= 0.6 is 0 Å². The van der Waals surface area contributed by atoms with Gasteiger partial charge in [0.2, 0.25) is 0 Å². The highest BCUT2D eigenvalue weighted by Gasteiger charge is 2.32. The number of alkyl halides is 3. The molecule has 0 bridgehead atoms. The number of rotatable bonds is 2. The SMILES string of the molecule is CC(C)(C)OC(=O)N1CC[C@H](Oc2ccc(C(F)(F)F)cc2)C1. The number of ether oxygens (including phenoxy) is 2. The van der Waals surface area contributed by atoms with Crippen molar-refractivity contribution >= 4 is 6.09 Å². The molecule has 0 saturated carbocycles. The average Bonchev–Trinajstić information content (AvgIpc) is 2.85. The summed E-state index contributed by atoms with van der Waals surface area (Å²) >= 11 is 0. The smallest absolute Gasteiger partial charge is 0.416 e. The summed E-state index contributed by atoms with van der Waals surface area (Å²) in [6.07, 6.45) is -4.41. The molecule has 1 aromatic rings. The zero-order valence-electron chi connectivity index (χ0n) is 13.3. The predicted octanol–water partition coefficient (Wildman–Crippen LogP) is 4.09. The number of carbonyl (C=O) groups is 1. The molecule has 0 aliphatic carbocycles. The largest absolute Gasteiger partial charge is 0.489 e. The number of carbonyl (C=O) groups excluding carboxylic acids is 1. The Bertz CT molecular complexity index is 549. The fourth-order valence-corrected chi connectivity index (χ4v) is 2.23. The van der Waals surface area contributed by atoms with Crippen molar-refractivity contribution in [3.63, 3.8) is 0 Å². The average molecular weight is 331 g/mol. The lowest BCUT2D eigenvalue weighted by molar-refractivity contribution is -0.137. The lowest BCUT2D eigenvalue weighted by Crippen LogP contribution is -2.36. The molecule has 7 heteroatoms. The monoisotopic (exact) mass is 331 g/mol. The van der Waals surface area contributed by atoms with Crippen LogP contribution in [0.5, 0.6) is 5.75 Å². The van der Waals surface area contributed by atoms with Gasteiger partial charge in [0, 0.05) is 13.0 Å². The lowest BCUT2D eigenvalue weighted by Gasteiger charge is -2.24. The van der Waals surface area contributed by atoms with Gasteiger partial charge in [0.1, 0.15) is 17.5 Å². The first kappa shape index (κ1) is 17.4. The molecule has 4 nitrogen and oxygen atoms in total. The molecule has 0 spiro atoms. The molecular weight excluding hydrogens is 311 g/mol. The van der Waals surface area contributed by atoms with Crippen LogP contribution in [0.15, 0.2) is 24.3 Å². The van der Waals surface area contributed by atoms with Crippen molar-refractivity contribution in [3.8, 4) is 5.75 Å². The van der Waals surface area contributed by atoms with E-state index in [4.69, 9.17) is 9.47 Å². The Kier molecular flexibility index (Phi) is 4.77. The van der Waals surface area contributed by atoms with E-state index in [2.05, 4.69) is 0 Å². The first-order valence-corrected chi connectivity index (χ1v) is 7.36. The molecule has 1 saturated heterocycles. The number of amides is 1. The Balaban J connectivity index is 1.89. The molecule has 1 aliphatic heterocycles. The molecule has 0 unspecified atom stereocenters. The summed E-state index contributed by atoms with van der Waals surface area (Å²) in [5, 5.41) is 0. The summed E-state index contributed by atoms with van der Waals surface area (Å²) in [5.41, 5.74) is -1.28. The third-order valence-electron chi connectivity index (χ3n) is 3.28. The van der Waals surface area contributed by atoms with Crippen LogP contribution in [0.1, 0.15) is 32.8 Å². The van der Waals surface area contributed by atoms with Crippen molar-refractivity contribution in [2.75, 3.05) is 13.1 Å². The van der Waals surface area contributed by atoms with Crippen molar-refractivity contribution < 1.29 is 27.4 Å². The van der Waals surface area contributed by atoms with Gasteiger partial charge in [-0.3, -0.25) is 0 Å². The summed E-state index contributed by atoms with van der Waals surface area (Å²) in [5.74, 6) is 0.356. The Labute approximate surface area is 133 Å². The molecule has 1 atom stereocenters. The molecule has 23 heavy (non-hydrogen) atoms. The maximum absolute atomic E-state index is 12.5. The van der Waals surface area contributed by atoms with Gasteiger partial charge < -0.3 is 14.4 Å². The van der Waals surface area contributed by atoms with Crippen LogP contribution in [-0.4, -0.2) is 35.8 Å². The fourth-order valence-electron chi connectivity index (χ4n) is 2.23. The number of hydrogen-bond acceptors (Lipinski definition) is 3. The molecule has 1 aromatic carbocycles. The fraction of sp³-hybridized carbons (Fsp3) is 0.562. The first-order valence-electron chi connectivity index (χ1n) is 7.36. The number of halogens is 3. The van der Waals surface area contributed by atoms with Crippen molar-refractivity contribution in [2.45, 2.75) is 45.1 Å². The predicted molar refractivity (Wildman–Crippen MR) is 78.3 cm³/mol. The second-order valence-corrected chi connectivity index (χ2v) is 6.48. The Morgan fingerprint density at radius 3 is 2.30 bits per heavy atom. The zero-order valence-corrected chi connectivity index (χ0v) is 13.3. The standard InChI is InChI=1S/C16H20F3NO3/c1-15(2,3)23-14(21)20-9-8-13(10-20)22-12-6-4-11(5-7-12)16(17,18)19/h4-7,13H,8-10H2,1-3H3/t13-/m0/s1. The summed E-state index contributed by atoms with van der Waals surface area (Å²) in [4.78, 5) is 13.5. The van der Waals surface area contributed by atoms with Crippen LogP contribution < -0.4 is 4.74 Å². The van der Waals surface area contributed by atoms with E-state index in [0.29, 0.717) is 25.3 Å². The molecule has 1 fully saturated rings. The van der Waals surface area contributed by atoms with E-state index < -0.39 is 23.4 Å². The maximum Gasteiger partial charge on any atom is 0.416 e. The molecule has 0 N–H and O–H groups in total. The van der Waals surface area contributed by atoms with Gasteiger partial charge in [0.25, 0.3) is 0 Å². The van der Waals surface area contributed by atoms with Crippen LogP contribution in [0.2, 0.25) is 0 Å². The quantitative estimate of drug-likeness (QED) is 0.819. The van der Waals surface area contributed by atoms with Gasteiger partial charge in [0.15, 0.2) is 0 Å². The van der Waals surface area contributed by atoms with E-state index in [-0.39, 0.29) is 6.10 Å². The second-order valence-electron chi connectivity index (χ2n) is 6.48. The van der Waals surface area contributed by atoms with Crippen molar-refractivity contribution in [1.29, 1.82) is 0 Å². The van der Waals surface area contributed by atoms with Gasteiger partial charge in [-0.2, -0.15) is 13.2 Å². The Morgan fingerprint density at radius 2 is 1.78 bits per heavy atom. The van der Waals surface area contributed by atoms with Gasteiger partial charge in [0.05, 0.1) is 12.1 Å². The van der Waals surface area contributed by atoms with Gasteiger partial charge >= 0.3 is 12.3 Å².